The van der Waals surface area contributed by atoms with Crippen LogP contribution in [-0.4, -0.2) is 17.7 Å². The van der Waals surface area contributed by atoms with Crippen molar-refractivity contribution in [2.75, 3.05) is 7.11 Å². The number of ether oxygens (including phenoxy) is 1. The molecule has 110 valence electrons. The topological polar surface area (TPSA) is 64.0 Å². The number of hydrogen-bond donors (Lipinski definition) is 1. The van der Waals surface area contributed by atoms with E-state index >= 15 is 0 Å². The summed E-state index contributed by atoms with van der Waals surface area (Å²) in [5.41, 5.74) is 8.90. The van der Waals surface area contributed by atoms with Gasteiger partial charge in [-0.2, -0.15) is 5.26 Å². The molecule has 0 fully saturated rings. The molecule has 4 heteroatoms. The summed E-state index contributed by atoms with van der Waals surface area (Å²) in [7, 11) is 1.58. The number of nitrogens with two attached hydrogens (primary N) is 1. The van der Waals surface area contributed by atoms with Crippen LogP contribution in [0, 0.1) is 11.3 Å². The molecule has 0 radical (unpaired) electrons. The van der Waals surface area contributed by atoms with Crippen LogP contribution >= 0.6 is 0 Å². The number of methoxy groups -OCH3 is 1. The number of benzene rings is 1. The van der Waals surface area contributed by atoms with Gasteiger partial charge in [0.2, 0.25) is 0 Å². The fraction of sp³-hybridized carbons (Fsp3) is 0.353. The van der Waals surface area contributed by atoms with Crippen molar-refractivity contribution in [3.63, 3.8) is 0 Å². The Hall–Kier alpha value is -2.25. The van der Waals surface area contributed by atoms with Gasteiger partial charge in [0.05, 0.1) is 12.7 Å². The second kappa shape index (κ2) is 6.96. The molecule has 1 aromatic heterocycles. The van der Waals surface area contributed by atoms with Crippen LogP contribution in [0.3, 0.4) is 0 Å². The molecule has 0 saturated carbocycles. The minimum atomic E-state index is 0.218. The Kier molecular flexibility index (Phi) is 5.02. The maximum atomic E-state index is 8.99. The summed E-state index contributed by atoms with van der Waals surface area (Å²) in [6, 6.07) is 10.1. The molecule has 4 nitrogen and oxygen atoms in total. The lowest BCUT2D eigenvalue weighted by molar-refractivity contribution is 0.413. The minimum Gasteiger partial charge on any atom is -0.495 e. The Morgan fingerprint density at radius 3 is 2.81 bits per heavy atom. The van der Waals surface area contributed by atoms with Crippen molar-refractivity contribution < 1.29 is 4.74 Å². The standard InChI is InChI=1S/C17H21N3O/c1-3-16(19)8-14-6-7-20(12-14)11-13-4-5-15(10-18)17(9-13)21-2/h4-7,9,12,16H,3,8,11,19H2,1-2H3. The molecule has 0 aliphatic carbocycles. The first-order valence-corrected chi connectivity index (χ1v) is 7.13. The van der Waals surface area contributed by atoms with Gasteiger partial charge < -0.3 is 15.0 Å². The third-order valence-electron chi connectivity index (χ3n) is 3.59. The van der Waals surface area contributed by atoms with Gasteiger partial charge in [0.15, 0.2) is 0 Å². The van der Waals surface area contributed by atoms with Crippen LogP contribution in [0.25, 0.3) is 0 Å². The van der Waals surface area contributed by atoms with E-state index in [9.17, 15) is 0 Å². The molecule has 0 saturated heterocycles. The van der Waals surface area contributed by atoms with E-state index in [0.717, 1.165) is 24.9 Å². The van der Waals surface area contributed by atoms with Crippen LogP contribution < -0.4 is 10.5 Å². The van der Waals surface area contributed by atoms with E-state index < -0.39 is 0 Å². The number of nitriles is 1. The van der Waals surface area contributed by atoms with Crippen LogP contribution in [-0.2, 0) is 13.0 Å². The van der Waals surface area contributed by atoms with Crippen LogP contribution in [0.5, 0.6) is 5.75 Å². The van der Waals surface area contributed by atoms with E-state index in [1.165, 1.54) is 5.56 Å². The lowest BCUT2D eigenvalue weighted by Crippen LogP contribution is -2.21. The highest BCUT2D eigenvalue weighted by Crippen LogP contribution is 2.20. The highest BCUT2D eigenvalue weighted by atomic mass is 16.5. The van der Waals surface area contributed by atoms with Crippen molar-refractivity contribution in [1.29, 1.82) is 5.26 Å². The first kappa shape index (κ1) is 15.1. The van der Waals surface area contributed by atoms with Gasteiger partial charge in [-0.25, -0.2) is 0 Å². The van der Waals surface area contributed by atoms with E-state index in [4.69, 9.17) is 15.7 Å². The van der Waals surface area contributed by atoms with Gasteiger partial charge in [-0.1, -0.05) is 13.0 Å². The SMILES string of the molecule is CCC(N)Cc1ccn(Cc2ccc(C#N)c(OC)c2)c1. The Labute approximate surface area is 125 Å². The molecule has 1 atom stereocenters. The molecule has 1 aromatic carbocycles. The predicted molar refractivity (Wildman–Crippen MR) is 83.2 cm³/mol. The molecule has 21 heavy (non-hydrogen) atoms. The molecule has 0 bridgehead atoms. The van der Waals surface area contributed by atoms with Crippen LogP contribution in [0.2, 0.25) is 0 Å². The Morgan fingerprint density at radius 1 is 1.33 bits per heavy atom. The molecular weight excluding hydrogens is 262 g/mol. The molecule has 0 spiro atoms. The van der Waals surface area contributed by atoms with Crippen molar-refractivity contribution in [3.05, 3.63) is 53.3 Å². The Bertz CT molecular complexity index is 640. The van der Waals surface area contributed by atoms with Gasteiger partial charge >= 0.3 is 0 Å². The zero-order valence-corrected chi connectivity index (χ0v) is 12.5. The summed E-state index contributed by atoms with van der Waals surface area (Å²) < 4.78 is 7.36. The zero-order valence-electron chi connectivity index (χ0n) is 12.5. The summed E-state index contributed by atoms with van der Waals surface area (Å²) >= 11 is 0. The first-order valence-electron chi connectivity index (χ1n) is 7.13. The maximum Gasteiger partial charge on any atom is 0.136 e. The van der Waals surface area contributed by atoms with Crippen molar-refractivity contribution in [1.82, 2.24) is 4.57 Å². The number of nitrogens with zero attached hydrogens (tertiary/aromatic N) is 2. The average Bonchev–Trinajstić information content (AvgIpc) is 2.93. The molecule has 1 heterocycles. The smallest absolute Gasteiger partial charge is 0.136 e. The Balaban J connectivity index is 2.10. The molecule has 2 aromatic rings. The number of hydrogen-bond acceptors (Lipinski definition) is 3. The van der Waals surface area contributed by atoms with Gasteiger partial charge in [0.1, 0.15) is 11.8 Å². The fourth-order valence-corrected chi connectivity index (χ4v) is 2.29. The first-order chi connectivity index (χ1) is 10.2. The van der Waals surface area contributed by atoms with E-state index in [1.807, 2.05) is 12.1 Å². The lowest BCUT2D eigenvalue weighted by atomic mass is 10.1. The van der Waals surface area contributed by atoms with E-state index in [0.29, 0.717) is 11.3 Å². The molecule has 0 aliphatic heterocycles. The quantitative estimate of drug-likeness (QED) is 0.886. The number of aromatic nitrogens is 1. The largest absolute Gasteiger partial charge is 0.495 e. The van der Waals surface area contributed by atoms with Gasteiger partial charge in [-0.05, 0) is 42.2 Å². The van der Waals surface area contributed by atoms with Crippen molar-refractivity contribution in [2.45, 2.75) is 32.4 Å². The van der Waals surface area contributed by atoms with Crippen molar-refractivity contribution >= 4 is 0 Å². The monoisotopic (exact) mass is 283 g/mol. The summed E-state index contributed by atoms with van der Waals surface area (Å²) in [6.45, 7) is 2.86. The molecule has 2 rings (SSSR count). The van der Waals surface area contributed by atoms with Crippen LogP contribution in [0.4, 0.5) is 0 Å². The lowest BCUT2D eigenvalue weighted by Gasteiger charge is -2.08. The summed E-state index contributed by atoms with van der Waals surface area (Å²) in [6.07, 6.45) is 6.07. The van der Waals surface area contributed by atoms with Crippen LogP contribution in [0.1, 0.15) is 30.0 Å². The van der Waals surface area contributed by atoms with Crippen molar-refractivity contribution in [3.8, 4) is 11.8 Å². The highest BCUT2D eigenvalue weighted by Gasteiger charge is 2.06. The average molecular weight is 283 g/mol. The molecule has 0 amide bonds. The van der Waals surface area contributed by atoms with Crippen LogP contribution in [0.15, 0.2) is 36.7 Å². The second-order valence-corrected chi connectivity index (χ2v) is 5.21. The zero-order chi connectivity index (χ0) is 15.2. The summed E-state index contributed by atoms with van der Waals surface area (Å²) in [5.74, 6) is 0.621. The van der Waals surface area contributed by atoms with E-state index in [1.54, 1.807) is 13.2 Å². The fourth-order valence-electron chi connectivity index (χ4n) is 2.29. The minimum absolute atomic E-state index is 0.218. The maximum absolute atomic E-state index is 8.99. The third kappa shape index (κ3) is 3.87. The molecule has 2 N–H and O–H groups in total. The number of rotatable bonds is 6. The highest BCUT2D eigenvalue weighted by molar-refractivity contribution is 5.45. The molecule has 1 unspecified atom stereocenters. The third-order valence-corrected chi connectivity index (χ3v) is 3.59. The summed E-state index contributed by atoms with van der Waals surface area (Å²) in [5, 5.41) is 8.99. The normalized spacial score (nSPS) is 11.9. The summed E-state index contributed by atoms with van der Waals surface area (Å²) in [4.78, 5) is 0. The van der Waals surface area contributed by atoms with Gasteiger partial charge in [0.25, 0.3) is 0 Å². The molecule has 0 aliphatic rings. The van der Waals surface area contributed by atoms with Crippen molar-refractivity contribution in [2.24, 2.45) is 5.73 Å². The Morgan fingerprint density at radius 2 is 2.14 bits per heavy atom. The molecular formula is C17H21N3O. The second-order valence-electron chi connectivity index (χ2n) is 5.21. The van der Waals surface area contributed by atoms with Gasteiger partial charge in [-0.3, -0.25) is 0 Å². The van der Waals surface area contributed by atoms with E-state index in [-0.39, 0.29) is 6.04 Å². The van der Waals surface area contributed by atoms with Gasteiger partial charge in [-0.15, -0.1) is 0 Å². The van der Waals surface area contributed by atoms with E-state index in [2.05, 4.69) is 36.0 Å². The van der Waals surface area contributed by atoms with Gasteiger partial charge in [0, 0.05) is 25.0 Å². The predicted octanol–water partition coefficient (Wildman–Crippen LogP) is 2.70.